The van der Waals surface area contributed by atoms with E-state index in [1.807, 2.05) is 6.92 Å². The molecule has 0 unspecified atom stereocenters. The lowest BCUT2D eigenvalue weighted by molar-refractivity contribution is -0.145. The molecule has 36 heavy (non-hydrogen) atoms. The molecule has 1 saturated heterocycles. The number of carbonyl (C=O) groups excluding carboxylic acids is 5. The summed E-state index contributed by atoms with van der Waals surface area (Å²) < 4.78 is 0. The van der Waals surface area contributed by atoms with Crippen LogP contribution in [-0.4, -0.2) is 93.8 Å². The summed E-state index contributed by atoms with van der Waals surface area (Å²) in [4.78, 5) is 75.6. The van der Waals surface area contributed by atoms with Crippen LogP contribution in [0.5, 0.6) is 0 Å². The molecular formula is C21H36N6O7S2. The molecule has 13 nitrogen and oxygen atoms in total. The van der Waals surface area contributed by atoms with Crippen molar-refractivity contribution in [1.82, 2.24) is 20.9 Å². The van der Waals surface area contributed by atoms with Crippen LogP contribution >= 0.6 is 25.3 Å². The molecule has 0 aromatic rings. The van der Waals surface area contributed by atoms with E-state index in [9.17, 15) is 33.9 Å². The Hall–Kier alpha value is -2.52. The Balaban J connectivity index is 3.10. The molecule has 0 aliphatic carbocycles. The van der Waals surface area contributed by atoms with Gasteiger partial charge in [0, 0.05) is 18.1 Å². The molecule has 0 spiro atoms. The molecule has 1 aliphatic heterocycles. The van der Waals surface area contributed by atoms with Crippen LogP contribution in [0.15, 0.2) is 0 Å². The monoisotopic (exact) mass is 548 g/mol. The molecule has 6 atom stereocenters. The summed E-state index contributed by atoms with van der Waals surface area (Å²) in [6.45, 7) is 3.69. The van der Waals surface area contributed by atoms with Crippen molar-refractivity contribution in [2.75, 3.05) is 18.1 Å². The number of carbonyl (C=O) groups is 6. The predicted octanol–water partition coefficient (Wildman–Crippen LogP) is -2.38. The average molecular weight is 549 g/mol. The van der Waals surface area contributed by atoms with Crippen molar-refractivity contribution >= 4 is 60.8 Å². The number of nitrogens with one attached hydrogen (secondary N) is 3. The summed E-state index contributed by atoms with van der Waals surface area (Å²) in [5, 5.41) is 16.6. The number of carboxylic acid groups (broad SMARTS) is 1. The number of aliphatic carboxylic acids is 1. The zero-order valence-electron chi connectivity index (χ0n) is 20.3. The van der Waals surface area contributed by atoms with E-state index in [1.165, 1.54) is 4.90 Å². The minimum Gasteiger partial charge on any atom is -0.480 e. The van der Waals surface area contributed by atoms with Gasteiger partial charge in [-0.2, -0.15) is 25.3 Å². The predicted molar refractivity (Wildman–Crippen MR) is 137 cm³/mol. The van der Waals surface area contributed by atoms with E-state index in [2.05, 4.69) is 41.2 Å². The highest BCUT2D eigenvalue weighted by molar-refractivity contribution is 7.80. The highest BCUT2D eigenvalue weighted by Crippen LogP contribution is 2.20. The lowest BCUT2D eigenvalue weighted by Crippen LogP contribution is -2.60. The molecule has 0 saturated carbocycles. The second-order valence-corrected chi connectivity index (χ2v) is 9.39. The number of nitrogens with zero attached hydrogens (tertiary/aromatic N) is 1. The summed E-state index contributed by atoms with van der Waals surface area (Å²) in [6.07, 6.45) is 0.683. The van der Waals surface area contributed by atoms with Crippen LogP contribution < -0.4 is 27.4 Å². The maximum Gasteiger partial charge on any atom is 0.327 e. The Kier molecular flexibility index (Phi) is 13.0. The normalized spacial score (nSPS) is 19.4. The molecule has 0 aromatic heterocycles. The van der Waals surface area contributed by atoms with Gasteiger partial charge in [-0.05, 0) is 18.8 Å². The van der Waals surface area contributed by atoms with Gasteiger partial charge in [-0.3, -0.25) is 24.0 Å². The van der Waals surface area contributed by atoms with E-state index in [0.717, 1.165) is 0 Å². The molecule has 0 radical (unpaired) electrons. The highest BCUT2D eigenvalue weighted by atomic mass is 32.1. The van der Waals surface area contributed by atoms with Crippen LogP contribution in [0.25, 0.3) is 0 Å². The number of hydrogen-bond acceptors (Lipinski definition) is 9. The van der Waals surface area contributed by atoms with E-state index in [0.29, 0.717) is 12.8 Å². The third-order valence-electron chi connectivity index (χ3n) is 5.98. The summed E-state index contributed by atoms with van der Waals surface area (Å²) in [6, 6.07) is -5.65. The fraction of sp³-hybridized carbons (Fsp3) is 0.714. The van der Waals surface area contributed by atoms with E-state index in [4.69, 9.17) is 11.5 Å². The molecule has 1 rings (SSSR count). The van der Waals surface area contributed by atoms with E-state index in [-0.39, 0.29) is 30.4 Å². The number of nitrogens with two attached hydrogens (primary N) is 2. The van der Waals surface area contributed by atoms with Gasteiger partial charge in [0.2, 0.25) is 29.5 Å². The van der Waals surface area contributed by atoms with E-state index >= 15 is 0 Å². The van der Waals surface area contributed by atoms with E-state index in [1.54, 1.807) is 6.92 Å². The lowest BCUT2D eigenvalue weighted by atomic mass is 9.97. The Morgan fingerprint density at radius 1 is 1.03 bits per heavy atom. The van der Waals surface area contributed by atoms with Crippen molar-refractivity contribution in [3.8, 4) is 0 Å². The quantitative estimate of drug-likeness (QED) is 0.110. The topological polar surface area (TPSA) is 214 Å². The van der Waals surface area contributed by atoms with Crippen molar-refractivity contribution < 1.29 is 33.9 Å². The summed E-state index contributed by atoms with van der Waals surface area (Å²) >= 11 is 7.89. The van der Waals surface area contributed by atoms with Gasteiger partial charge in [-0.15, -0.1) is 0 Å². The molecular weight excluding hydrogens is 512 g/mol. The Labute approximate surface area is 220 Å². The molecule has 0 aromatic carbocycles. The SMILES string of the molecule is CC[C@H](C)[C@H](NC(=O)[C@@H](N)CS)C(=O)N[C@@H](CC(N)=O)C(=O)N1CCC[C@H]1C(=O)N[C@@H](CS)C(=O)O. The molecule has 0 bridgehead atoms. The van der Waals surface area contributed by atoms with Gasteiger partial charge in [0.1, 0.15) is 24.2 Å². The number of likely N-dealkylation sites (tertiary alicyclic amines) is 1. The maximum absolute atomic E-state index is 13.3. The lowest BCUT2D eigenvalue weighted by Gasteiger charge is -2.31. The van der Waals surface area contributed by atoms with Gasteiger partial charge in [0.05, 0.1) is 12.5 Å². The minimum atomic E-state index is -1.40. The number of amides is 5. The van der Waals surface area contributed by atoms with Crippen molar-refractivity contribution in [3.63, 3.8) is 0 Å². The average Bonchev–Trinajstić information content (AvgIpc) is 3.33. The highest BCUT2D eigenvalue weighted by Gasteiger charge is 2.40. The van der Waals surface area contributed by atoms with Crippen molar-refractivity contribution in [2.24, 2.45) is 17.4 Å². The molecule has 15 heteroatoms. The number of carboxylic acids is 1. The summed E-state index contributed by atoms with van der Waals surface area (Å²) in [5.41, 5.74) is 11.0. The molecule has 1 aliphatic rings. The van der Waals surface area contributed by atoms with Crippen LogP contribution in [0.2, 0.25) is 0 Å². The van der Waals surface area contributed by atoms with Crippen LogP contribution in [0.1, 0.15) is 39.5 Å². The second kappa shape index (κ2) is 14.9. The van der Waals surface area contributed by atoms with Crippen LogP contribution in [0.3, 0.4) is 0 Å². The number of hydrogen-bond donors (Lipinski definition) is 8. The number of primary amides is 1. The van der Waals surface area contributed by atoms with Crippen molar-refractivity contribution in [2.45, 2.75) is 69.7 Å². The largest absolute Gasteiger partial charge is 0.480 e. The van der Waals surface area contributed by atoms with Crippen molar-refractivity contribution in [1.29, 1.82) is 0 Å². The molecule has 204 valence electrons. The van der Waals surface area contributed by atoms with Gasteiger partial charge in [-0.1, -0.05) is 20.3 Å². The molecule has 1 fully saturated rings. The third-order valence-corrected chi connectivity index (χ3v) is 6.74. The van der Waals surface area contributed by atoms with Gasteiger partial charge in [0.15, 0.2) is 0 Å². The van der Waals surface area contributed by atoms with Crippen LogP contribution in [0, 0.1) is 5.92 Å². The van der Waals surface area contributed by atoms with E-state index < -0.39 is 72.1 Å². The second-order valence-electron chi connectivity index (χ2n) is 8.66. The van der Waals surface area contributed by atoms with Crippen molar-refractivity contribution in [3.05, 3.63) is 0 Å². The minimum absolute atomic E-state index is 0.0534. The summed E-state index contributed by atoms with van der Waals surface area (Å²) in [7, 11) is 0. The first-order chi connectivity index (χ1) is 16.9. The third kappa shape index (κ3) is 8.85. The first-order valence-corrected chi connectivity index (χ1v) is 12.8. The Morgan fingerprint density at radius 2 is 1.67 bits per heavy atom. The number of rotatable bonds is 14. The molecule has 8 N–H and O–H groups in total. The summed E-state index contributed by atoms with van der Waals surface area (Å²) in [5.74, 6) is -5.30. The standard InChI is InChI=1S/C21H36N6O7S2/c1-3-10(2)16(26-17(29)11(22)8-35)19(31)24-12(7-15(23)28)20(32)27-6-4-5-14(27)18(30)25-13(9-36)21(33)34/h10-14,16,35-36H,3-9,22H2,1-2H3,(H2,23,28)(H,24,31)(H,25,30)(H,26,29)(H,33,34)/t10-,11-,12-,13-,14-,16-/m0/s1. The fourth-order valence-corrected chi connectivity index (χ4v) is 4.08. The maximum atomic E-state index is 13.3. The van der Waals surface area contributed by atoms with Gasteiger partial charge < -0.3 is 37.4 Å². The first-order valence-electron chi connectivity index (χ1n) is 11.6. The zero-order valence-corrected chi connectivity index (χ0v) is 22.1. The molecule has 5 amide bonds. The molecule has 1 heterocycles. The van der Waals surface area contributed by atoms with Crippen LogP contribution in [-0.2, 0) is 28.8 Å². The van der Waals surface area contributed by atoms with Gasteiger partial charge >= 0.3 is 5.97 Å². The van der Waals surface area contributed by atoms with Gasteiger partial charge in [0.25, 0.3) is 0 Å². The first kappa shape index (κ1) is 31.5. The number of thiol groups is 2. The Morgan fingerprint density at radius 3 is 2.17 bits per heavy atom. The zero-order chi connectivity index (χ0) is 27.6. The van der Waals surface area contributed by atoms with Gasteiger partial charge in [-0.25, -0.2) is 4.79 Å². The fourth-order valence-electron chi connectivity index (χ4n) is 3.66. The van der Waals surface area contributed by atoms with Crippen LogP contribution in [0.4, 0.5) is 0 Å². The Bertz CT molecular complexity index is 846. The smallest absolute Gasteiger partial charge is 0.327 e.